The Kier molecular flexibility index (Phi) is 8.45. The van der Waals surface area contributed by atoms with Crippen molar-refractivity contribution in [2.45, 2.75) is 30.0 Å². The lowest BCUT2D eigenvalue weighted by molar-refractivity contribution is -0.164. The highest BCUT2D eigenvalue weighted by molar-refractivity contribution is 8.03. The van der Waals surface area contributed by atoms with E-state index >= 15 is 0 Å². The van der Waals surface area contributed by atoms with E-state index in [9.17, 15) is 14.4 Å². The zero-order chi connectivity index (χ0) is 31.5. The number of hydrogen-bond donors (Lipinski definition) is 1. The summed E-state index contributed by atoms with van der Waals surface area (Å²) < 4.78 is 6.30. The van der Waals surface area contributed by atoms with Gasteiger partial charge in [0, 0.05) is 28.9 Å². The third kappa shape index (κ3) is 5.96. The molecule has 46 heavy (non-hydrogen) atoms. The van der Waals surface area contributed by atoms with Crippen molar-refractivity contribution in [3.63, 3.8) is 0 Å². The minimum atomic E-state index is -1.05. The average Bonchev–Trinajstić information content (AvgIpc) is 3.61. The van der Waals surface area contributed by atoms with Gasteiger partial charge in [0.1, 0.15) is 16.4 Å². The number of pyridine rings is 1. The molecular formula is C36H28N4O4S2. The summed E-state index contributed by atoms with van der Waals surface area (Å²) in [4.78, 5) is 51.5. The molecule has 8 nitrogen and oxygen atoms in total. The van der Waals surface area contributed by atoms with Crippen molar-refractivity contribution in [3.8, 4) is 10.6 Å². The molecule has 1 fully saturated rings. The van der Waals surface area contributed by atoms with Gasteiger partial charge in [-0.2, -0.15) is 0 Å². The predicted molar refractivity (Wildman–Crippen MR) is 178 cm³/mol. The summed E-state index contributed by atoms with van der Waals surface area (Å²) in [6.45, 7) is 0. The van der Waals surface area contributed by atoms with E-state index < -0.39 is 29.5 Å². The molecule has 0 saturated carbocycles. The fourth-order valence-electron chi connectivity index (χ4n) is 5.64. The zero-order valence-electron chi connectivity index (χ0n) is 24.4. The molecule has 2 aliphatic heterocycles. The van der Waals surface area contributed by atoms with Gasteiger partial charge in [0.05, 0.1) is 12.1 Å². The van der Waals surface area contributed by atoms with Crippen LogP contribution in [0.3, 0.4) is 0 Å². The van der Waals surface area contributed by atoms with Crippen LogP contribution in [-0.4, -0.2) is 50.1 Å². The SMILES string of the molecule is O=C(Cc1ccccc1)NC1C(=O)N2C(C(=O)OC(c3ccccc3)c3ccccc3)C(c3csc(-c4ccncc4)n3)=CS[C@H]12. The van der Waals surface area contributed by atoms with Crippen LogP contribution in [-0.2, 0) is 25.5 Å². The highest BCUT2D eigenvalue weighted by atomic mass is 32.2. The van der Waals surface area contributed by atoms with Gasteiger partial charge >= 0.3 is 5.97 Å². The maximum atomic E-state index is 14.3. The molecule has 2 amide bonds. The molecule has 10 heteroatoms. The van der Waals surface area contributed by atoms with Crippen LogP contribution in [0.2, 0.25) is 0 Å². The number of carbonyl (C=O) groups is 3. The monoisotopic (exact) mass is 644 g/mol. The molecule has 0 radical (unpaired) electrons. The Morgan fingerprint density at radius 3 is 2.15 bits per heavy atom. The van der Waals surface area contributed by atoms with E-state index in [1.165, 1.54) is 28.0 Å². The Hall–Kier alpha value is -5.06. The Bertz CT molecular complexity index is 1850. The summed E-state index contributed by atoms with van der Waals surface area (Å²) in [5.74, 6) is -1.17. The molecule has 2 aliphatic rings. The first-order valence-corrected chi connectivity index (χ1v) is 16.6. The quantitative estimate of drug-likeness (QED) is 0.158. The van der Waals surface area contributed by atoms with Gasteiger partial charge in [0.25, 0.3) is 0 Å². The van der Waals surface area contributed by atoms with Crippen molar-refractivity contribution >= 4 is 46.5 Å². The molecule has 5 aromatic rings. The van der Waals surface area contributed by atoms with Crippen LogP contribution >= 0.6 is 23.1 Å². The lowest BCUT2D eigenvalue weighted by Crippen LogP contribution is -2.73. The van der Waals surface area contributed by atoms with Crippen LogP contribution < -0.4 is 5.32 Å². The van der Waals surface area contributed by atoms with Gasteiger partial charge in [-0.3, -0.25) is 14.6 Å². The topological polar surface area (TPSA) is 101 Å². The fourth-order valence-corrected chi connectivity index (χ4v) is 7.71. The number of β-lactam (4-membered cyclic amide) rings is 1. The van der Waals surface area contributed by atoms with Gasteiger partial charge in [0.15, 0.2) is 12.1 Å². The summed E-state index contributed by atoms with van der Waals surface area (Å²) >= 11 is 2.84. The number of rotatable bonds is 9. The molecule has 228 valence electrons. The third-order valence-electron chi connectivity index (χ3n) is 7.90. The maximum Gasteiger partial charge on any atom is 0.334 e. The van der Waals surface area contributed by atoms with Crippen molar-refractivity contribution < 1.29 is 19.1 Å². The smallest absolute Gasteiger partial charge is 0.334 e. The number of ether oxygens (including phenoxy) is 1. The molecule has 0 spiro atoms. The maximum absolute atomic E-state index is 14.3. The summed E-state index contributed by atoms with van der Waals surface area (Å²) in [7, 11) is 0. The van der Waals surface area contributed by atoms with E-state index in [4.69, 9.17) is 9.72 Å². The summed E-state index contributed by atoms with van der Waals surface area (Å²) in [5, 5.41) is 6.95. The Balaban J connectivity index is 1.20. The molecule has 2 unspecified atom stereocenters. The number of hydrogen-bond acceptors (Lipinski definition) is 8. The normalized spacial score (nSPS) is 18.7. The number of thiazole rings is 1. The van der Waals surface area contributed by atoms with Gasteiger partial charge in [-0.15, -0.1) is 23.1 Å². The van der Waals surface area contributed by atoms with E-state index in [-0.39, 0.29) is 18.2 Å². The molecule has 2 aromatic heterocycles. The number of fused-ring (bicyclic) bond motifs is 1. The number of benzene rings is 3. The van der Waals surface area contributed by atoms with Crippen LogP contribution in [0.5, 0.6) is 0 Å². The van der Waals surface area contributed by atoms with E-state index in [1.54, 1.807) is 12.4 Å². The van der Waals surface area contributed by atoms with Gasteiger partial charge in [0.2, 0.25) is 11.8 Å². The van der Waals surface area contributed by atoms with Gasteiger partial charge in [-0.25, -0.2) is 9.78 Å². The van der Waals surface area contributed by atoms with Crippen molar-refractivity contribution in [2.24, 2.45) is 0 Å². The molecule has 0 aliphatic carbocycles. The molecule has 3 atom stereocenters. The second-order valence-corrected chi connectivity index (χ2v) is 12.7. The summed E-state index contributed by atoms with van der Waals surface area (Å²) in [5.41, 5.74) is 4.54. The summed E-state index contributed by atoms with van der Waals surface area (Å²) in [6.07, 6.45) is 2.87. The number of esters is 1. The van der Waals surface area contributed by atoms with E-state index in [2.05, 4.69) is 10.3 Å². The standard InChI is InChI=1S/C36H28N4O4S2/c41-29(20-23-10-4-1-5-11-23)39-30-34(42)40-31(36(43)44-32(24-12-6-2-7-13-24)25-14-8-3-9-15-25)27(21-46-35(30)40)28-22-45-33(38-28)26-16-18-37-19-17-26/h1-19,21-22,30-32,35H,20H2,(H,39,41)/t30?,31?,35-/m1/s1. The first-order chi connectivity index (χ1) is 22.6. The summed E-state index contributed by atoms with van der Waals surface area (Å²) in [6, 6.07) is 30.4. The molecule has 3 aromatic carbocycles. The lowest BCUT2D eigenvalue weighted by atomic mass is 9.95. The van der Waals surface area contributed by atoms with Crippen molar-refractivity contribution in [1.29, 1.82) is 0 Å². The highest BCUT2D eigenvalue weighted by Crippen LogP contribution is 2.45. The minimum Gasteiger partial charge on any atom is -0.451 e. The first-order valence-electron chi connectivity index (χ1n) is 14.7. The number of amides is 2. The Morgan fingerprint density at radius 1 is 0.870 bits per heavy atom. The van der Waals surface area contributed by atoms with Crippen LogP contribution in [0.1, 0.15) is 28.5 Å². The van der Waals surface area contributed by atoms with Crippen molar-refractivity contribution in [3.05, 3.63) is 149 Å². The Labute approximate surface area is 274 Å². The molecule has 4 heterocycles. The van der Waals surface area contributed by atoms with E-state index in [1.807, 2.05) is 114 Å². The second kappa shape index (κ2) is 13.1. The molecule has 1 saturated heterocycles. The van der Waals surface area contributed by atoms with Crippen molar-refractivity contribution in [2.75, 3.05) is 0 Å². The first kappa shape index (κ1) is 29.6. The fraction of sp³-hybridized carbons (Fsp3) is 0.139. The van der Waals surface area contributed by atoms with E-state index in [0.29, 0.717) is 11.3 Å². The number of carbonyl (C=O) groups excluding carboxylic acids is 3. The number of thioether (sulfide) groups is 1. The number of nitrogens with zero attached hydrogens (tertiary/aromatic N) is 3. The van der Waals surface area contributed by atoms with Gasteiger partial charge in [-0.05, 0) is 34.2 Å². The Morgan fingerprint density at radius 2 is 1.50 bits per heavy atom. The lowest BCUT2D eigenvalue weighted by Gasteiger charge is -2.51. The van der Waals surface area contributed by atoms with Crippen LogP contribution in [0, 0.1) is 0 Å². The second-order valence-electron chi connectivity index (χ2n) is 10.9. The molecular weight excluding hydrogens is 617 g/mol. The highest BCUT2D eigenvalue weighted by Gasteiger charge is 2.57. The third-order valence-corrected chi connectivity index (χ3v) is 9.96. The van der Waals surface area contributed by atoms with Gasteiger partial charge in [-0.1, -0.05) is 91.0 Å². The van der Waals surface area contributed by atoms with Crippen LogP contribution in [0.25, 0.3) is 16.1 Å². The molecule has 0 bridgehead atoms. The van der Waals surface area contributed by atoms with E-state index in [0.717, 1.165) is 27.3 Å². The van der Waals surface area contributed by atoms with Gasteiger partial charge < -0.3 is 15.0 Å². The minimum absolute atomic E-state index is 0.154. The molecule has 7 rings (SSSR count). The van der Waals surface area contributed by atoms with Crippen molar-refractivity contribution in [1.82, 2.24) is 20.2 Å². The molecule has 1 N–H and O–H groups in total. The van der Waals surface area contributed by atoms with Crippen LogP contribution in [0.4, 0.5) is 0 Å². The number of nitrogens with one attached hydrogen (secondary N) is 1. The zero-order valence-corrected chi connectivity index (χ0v) is 26.1. The van der Waals surface area contributed by atoms with Crippen LogP contribution in [0.15, 0.2) is 126 Å². The number of aromatic nitrogens is 2. The largest absolute Gasteiger partial charge is 0.451 e. The predicted octanol–water partition coefficient (Wildman–Crippen LogP) is 5.89. The average molecular weight is 645 g/mol.